The van der Waals surface area contributed by atoms with Gasteiger partial charge in [0.1, 0.15) is 0 Å². The molecule has 0 unspecified atom stereocenters. The number of hydrogen-bond donors (Lipinski definition) is 0. The van der Waals surface area contributed by atoms with Gasteiger partial charge < -0.3 is 14.4 Å². The molecule has 0 aliphatic carbocycles. The molecule has 2 rings (SSSR count). The maximum Gasteiger partial charge on any atom is 0.225 e. The Morgan fingerprint density at radius 1 is 1.00 bits per heavy atom. The largest absolute Gasteiger partial charge is 0.493 e. The third-order valence-electron chi connectivity index (χ3n) is 5.09. The van der Waals surface area contributed by atoms with Crippen molar-refractivity contribution in [1.29, 1.82) is 0 Å². The average molecular weight is 362 g/mol. The van der Waals surface area contributed by atoms with Crippen LogP contribution in [0, 0.1) is 5.92 Å². The number of Topliss-reactive ketones (excluding diaryl/α,β-unsaturated/α-hetero) is 1. The third kappa shape index (κ3) is 4.75. The van der Waals surface area contributed by atoms with Gasteiger partial charge >= 0.3 is 0 Å². The van der Waals surface area contributed by atoms with Gasteiger partial charge in [-0.05, 0) is 31.0 Å². The molecule has 0 bridgehead atoms. The highest BCUT2D eigenvalue weighted by atomic mass is 16.5. The predicted octanol–water partition coefficient (Wildman–Crippen LogP) is 2.47. The highest BCUT2D eigenvalue weighted by Crippen LogP contribution is 2.27. The minimum absolute atomic E-state index is 0.0470. The summed E-state index contributed by atoms with van der Waals surface area (Å²) in [5, 5.41) is 0. The van der Waals surface area contributed by atoms with Crippen molar-refractivity contribution in [1.82, 2.24) is 9.80 Å². The van der Waals surface area contributed by atoms with E-state index in [9.17, 15) is 9.59 Å². The zero-order valence-electron chi connectivity index (χ0n) is 16.3. The Morgan fingerprint density at radius 2 is 1.62 bits per heavy atom. The smallest absolute Gasteiger partial charge is 0.225 e. The number of carbonyl (C=O) groups is 2. The molecule has 1 aromatic carbocycles. The Balaban J connectivity index is 1.91. The van der Waals surface area contributed by atoms with E-state index in [0.717, 1.165) is 25.9 Å². The normalized spacial score (nSPS) is 15.2. The number of rotatable bonds is 8. The Bertz CT molecular complexity index is 620. The van der Waals surface area contributed by atoms with Crippen molar-refractivity contribution in [2.75, 3.05) is 46.9 Å². The molecule has 1 heterocycles. The van der Waals surface area contributed by atoms with Crippen LogP contribution in [-0.2, 0) is 4.79 Å². The lowest BCUT2D eigenvalue weighted by molar-refractivity contribution is -0.137. The van der Waals surface area contributed by atoms with Crippen LogP contribution in [-0.4, -0.2) is 68.4 Å². The van der Waals surface area contributed by atoms with Gasteiger partial charge in [0.15, 0.2) is 17.3 Å². The SMILES string of the molecule is CCC(CC)C(=O)N1CCN(CC(=O)c2ccc(OC)c(OC)c2)CC1. The summed E-state index contributed by atoms with van der Waals surface area (Å²) in [6.45, 7) is 7.30. The van der Waals surface area contributed by atoms with E-state index in [0.29, 0.717) is 36.7 Å². The minimum atomic E-state index is 0.0470. The molecule has 0 spiro atoms. The number of amides is 1. The molecule has 6 nitrogen and oxygen atoms in total. The highest BCUT2D eigenvalue weighted by Gasteiger charge is 2.26. The standard InChI is InChI=1S/C20H30N2O4/c1-5-15(6-2)20(24)22-11-9-21(10-12-22)14-17(23)16-7-8-18(25-3)19(13-16)26-4/h7-8,13,15H,5-6,9-12,14H2,1-4H3. The van der Waals surface area contributed by atoms with Crippen molar-refractivity contribution >= 4 is 11.7 Å². The van der Waals surface area contributed by atoms with Gasteiger partial charge in [0, 0.05) is 37.7 Å². The fraction of sp³-hybridized carbons (Fsp3) is 0.600. The number of nitrogens with zero attached hydrogens (tertiary/aromatic N) is 2. The first-order valence-electron chi connectivity index (χ1n) is 9.30. The van der Waals surface area contributed by atoms with Gasteiger partial charge in [0.2, 0.25) is 5.91 Å². The number of carbonyl (C=O) groups excluding carboxylic acids is 2. The van der Waals surface area contributed by atoms with Gasteiger partial charge in [-0.25, -0.2) is 0 Å². The summed E-state index contributed by atoms with van der Waals surface area (Å²) in [5.74, 6) is 1.58. The summed E-state index contributed by atoms with van der Waals surface area (Å²) >= 11 is 0. The first-order chi connectivity index (χ1) is 12.5. The van der Waals surface area contributed by atoms with E-state index in [1.54, 1.807) is 32.4 Å². The number of benzene rings is 1. The summed E-state index contributed by atoms with van der Waals surface area (Å²) in [6.07, 6.45) is 1.76. The van der Waals surface area contributed by atoms with Gasteiger partial charge in [0.25, 0.3) is 0 Å². The predicted molar refractivity (Wildman–Crippen MR) is 101 cm³/mol. The van der Waals surface area contributed by atoms with Crippen LogP contribution in [0.15, 0.2) is 18.2 Å². The zero-order valence-corrected chi connectivity index (χ0v) is 16.3. The number of ether oxygens (including phenoxy) is 2. The van der Waals surface area contributed by atoms with Crippen LogP contribution in [0.5, 0.6) is 11.5 Å². The molecule has 0 atom stereocenters. The highest BCUT2D eigenvalue weighted by molar-refractivity contribution is 5.98. The Kier molecular flexibility index (Phi) is 7.45. The van der Waals surface area contributed by atoms with Crippen LogP contribution in [0.4, 0.5) is 0 Å². The van der Waals surface area contributed by atoms with Gasteiger partial charge in [-0.2, -0.15) is 0 Å². The average Bonchev–Trinajstić information content (AvgIpc) is 2.68. The quantitative estimate of drug-likeness (QED) is 0.665. The molecule has 1 aliphatic rings. The second-order valence-electron chi connectivity index (χ2n) is 6.61. The lowest BCUT2D eigenvalue weighted by Crippen LogP contribution is -2.51. The molecule has 26 heavy (non-hydrogen) atoms. The summed E-state index contributed by atoms with van der Waals surface area (Å²) in [4.78, 5) is 29.1. The molecule has 1 saturated heterocycles. The van der Waals surface area contributed by atoms with E-state index in [1.165, 1.54) is 0 Å². The lowest BCUT2D eigenvalue weighted by atomic mass is 10.0. The summed E-state index contributed by atoms with van der Waals surface area (Å²) in [7, 11) is 3.13. The van der Waals surface area contributed by atoms with E-state index in [1.807, 2.05) is 4.90 Å². The van der Waals surface area contributed by atoms with Crippen LogP contribution in [0.25, 0.3) is 0 Å². The molecular weight excluding hydrogens is 332 g/mol. The number of ketones is 1. The zero-order chi connectivity index (χ0) is 19.1. The van der Waals surface area contributed by atoms with Crippen LogP contribution in [0.3, 0.4) is 0 Å². The minimum Gasteiger partial charge on any atom is -0.493 e. The summed E-state index contributed by atoms with van der Waals surface area (Å²) in [5.41, 5.74) is 0.609. The maximum atomic E-state index is 12.6. The summed E-state index contributed by atoms with van der Waals surface area (Å²) in [6, 6.07) is 5.23. The van der Waals surface area contributed by atoms with E-state index in [4.69, 9.17) is 9.47 Å². The van der Waals surface area contributed by atoms with E-state index >= 15 is 0 Å². The fourth-order valence-electron chi connectivity index (χ4n) is 3.33. The second-order valence-corrected chi connectivity index (χ2v) is 6.61. The molecular formula is C20H30N2O4. The van der Waals surface area contributed by atoms with E-state index in [2.05, 4.69) is 18.7 Å². The Labute approximate surface area is 156 Å². The van der Waals surface area contributed by atoms with Crippen LogP contribution in [0.2, 0.25) is 0 Å². The number of piperazine rings is 1. The monoisotopic (exact) mass is 362 g/mol. The molecule has 144 valence electrons. The van der Waals surface area contributed by atoms with Gasteiger partial charge in [-0.3, -0.25) is 14.5 Å². The van der Waals surface area contributed by atoms with Crippen molar-refractivity contribution < 1.29 is 19.1 Å². The van der Waals surface area contributed by atoms with Crippen LogP contribution >= 0.6 is 0 Å². The third-order valence-corrected chi connectivity index (χ3v) is 5.09. The van der Waals surface area contributed by atoms with E-state index in [-0.39, 0.29) is 17.6 Å². The molecule has 0 N–H and O–H groups in total. The molecule has 1 fully saturated rings. The Morgan fingerprint density at radius 3 is 2.15 bits per heavy atom. The van der Waals surface area contributed by atoms with Crippen molar-refractivity contribution in [3.8, 4) is 11.5 Å². The molecule has 0 aromatic heterocycles. The van der Waals surface area contributed by atoms with E-state index < -0.39 is 0 Å². The summed E-state index contributed by atoms with van der Waals surface area (Å²) < 4.78 is 10.5. The molecule has 0 radical (unpaired) electrons. The lowest BCUT2D eigenvalue weighted by Gasteiger charge is -2.36. The first-order valence-corrected chi connectivity index (χ1v) is 9.30. The van der Waals surface area contributed by atoms with Gasteiger partial charge in [0.05, 0.1) is 20.8 Å². The van der Waals surface area contributed by atoms with Crippen LogP contribution in [0.1, 0.15) is 37.0 Å². The topological polar surface area (TPSA) is 59.1 Å². The van der Waals surface area contributed by atoms with Crippen LogP contribution < -0.4 is 9.47 Å². The molecule has 1 amide bonds. The van der Waals surface area contributed by atoms with Crippen molar-refractivity contribution in [3.05, 3.63) is 23.8 Å². The number of hydrogen-bond acceptors (Lipinski definition) is 5. The van der Waals surface area contributed by atoms with Gasteiger partial charge in [-0.15, -0.1) is 0 Å². The molecule has 1 aromatic rings. The first kappa shape index (κ1) is 20.2. The van der Waals surface area contributed by atoms with Crippen molar-refractivity contribution in [2.45, 2.75) is 26.7 Å². The number of methoxy groups -OCH3 is 2. The molecule has 6 heteroatoms. The second kappa shape index (κ2) is 9.57. The maximum absolute atomic E-state index is 12.6. The molecule has 1 aliphatic heterocycles. The van der Waals surface area contributed by atoms with Gasteiger partial charge in [-0.1, -0.05) is 13.8 Å². The van der Waals surface area contributed by atoms with Crippen molar-refractivity contribution in [2.24, 2.45) is 5.92 Å². The van der Waals surface area contributed by atoms with Crippen molar-refractivity contribution in [3.63, 3.8) is 0 Å². The molecule has 0 saturated carbocycles. The Hall–Kier alpha value is -2.08. The fourth-order valence-corrected chi connectivity index (χ4v) is 3.33.